The quantitative estimate of drug-likeness (QED) is 0.568. The molecule has 0 spiro atoms. The minimum absolute atomic E-state index is 0.187. The lowest BCUT2D eigenvalue weighted by atomic mass is 10.0. The second-order valence-electron chi connectivity index (χ2n) is 7.39. The standard InChI is InChI=1S/C23H19N3O5S/c1-4-30-22(29)16-12(2)24-23-26(18(16)15-10-7-11-31-15)21(28)19(32-23)17-13-8-5-6-9-14(13)25(3)20(17)27/h5-11,18H,4H2,1-3H3. The van der Waals surface area contributed by atoms with E-state index in [9.17, 15) is 14.4 Å². The molecule has 0 saturated carbocycles. The van der Waals surface area contributed by atoms with Gasteiger partial charge in [-0.15, -0.1) is 0 Å². The Bertz CT molecular complexity index is 1480. The fourth-order valence-corrected chi connectivity index (χ4v) is 5.28. The molecule has 8 nitrogen and oxygen atoms in total. The van der Waals surface area contributed by atoms with Crippen LogP contribution in [0.25, 0.3) is 5.57 Å². The van der Waals surface area contributed by atoms with Crippen LogP contribution in [0.5, 0.6) is 0 Å². The number of ether oxygens (including phenoxy) is 1. The van der Waals surface area contributed by atoms with E-state index < -0.39 is 17.6 Å². The molecule has 3 aromatic rings. The van der Waals surface area contributed by atoms with Crippen molar-refractivity contribution in [2.24, 2.45) is 4.99 Å². The zero-order valence-corrected chi connectivity index (χ0v) is 18.4. The molecule has 0 N–H and O–H groups in total. The number of allylic oxidation sites excluding steroid dienone is 1. The van der Waals surface area contributed by atoms with Crippen molar-refractivity contribution in [3.63, 3.8) is 0 Å². The van der Waals surface area contributed by atoms with E-state index in [1.165, 1.54) is 15.7 Å². The molecule has 2 aromatic heterocycles. The first-order valence-corrected chi connectivity index (χ1v) is 10.9. The molecule has 0 aliphatic carbocycles. The number of fused-ring (bicyclic) bond motifs is 2. The van der Waals surface area contributed by atoms with Crippen LogP contribution >= 0.6 is 11.3 Å². The number of carbonyl (C=O) groups is 2. The van der Waals surface area contributed by atoms with Gasteiger partial charge in [-0.3, -0.25) is 14.2 Å². The predicted octanol–water partition coefficient (Wildman–Crippen LogP) is 1.74. The predicted molar refractivity (Wildman–Crippen MR) is 118 cm³/mol. The Morgan fingerprint density at radius 2 is 2.00 bits per heavy atom. The third-order valence-corrected chi connectivity index (χ3v) is 6.64. The van der Waals surface area contributed by atoms with Gasteiger partial charge in [-0.2, -0.15) is 0 Å². The van der Waals surface area contributed by atoms with Crippen LogP contribution in [-0.4, -0.2) is 30.1 Å². The van der Waals surface area contributed by atoms with Crippen molar-refractivity contribution < 1.29 is 18.7 Å². The number of para-hydroxylation sites is 1. The number of esters is 1. The molecule has 1 amide bonds. The van der Waals surface area contributed by atoms with Crippen molar-refractivity contribution in [1.29, 1.82) is 0 Å². The van der Waals surface area contributed by atoms with E-state index in [0.717, 1.165) is 17.0 Å². The van der Waals surface area contributed by atoms with E-state index in [-0.39, 0.29) is 22.6 Å². The Morgan fingerprint density at radius 3 is 2.72 bits per heavy atom. The minimum atomic E-state index is -0.834. The summed E-state index contributed by atoms with van der Waals surface area (Å²) in [5.74, 6) is -0.405. The number of thiazole rings is 1. The molecule has 2 aliphatic rings. The van der Waals surface area contributed by atoms with Gasteiger partial charge in [0, 0.05) is 12.6 Å². The molecule has 1 aromatic carbocycles. The molecule has 0 bridgehead atoms. The SMILES string of the molecule is CCOC(=O)C1=C(C)N=c2sc(=C3C(=O)N(C)c4ccccc43)c(=O)n2C1c1ccco1. The van der Waals surface area contributed by atoms with E-state index in [4.69, 9.17) is 9.15 Å². The van der Waals surface area contributed by atoms with Crippen molar-refractivity contribution in [2.75, 3.05) is 18.6 Å². The summed E-state index contributed by atoms with van der Waals surface area (Å²) in [5.41, 5.74) is 2.05. The number of aromatic nitrogens is 1. The number of nitrogens with zero attached hydrogens (tertiary/aromatic N) is 3. The van der Waals surface area contributed by atoms with Crippen LogP contribution < -0.4 is 19.8 Å². The molecule has 1 unspecified atom stereocenters. The average molecular weight is 449 g/mol. The van der Waals surface area contributed by atoms with Crippen molar-refractivity contribution in [1.82, 2.24) is 4.57 Å². The second kappa shape index (κ2) is 7.45. The van der Waals surface area contributed by atoms with Crippen molar-refractivity contribution in [2.45, 2.75) is 19.9 Å². The lowest BCUT2D eigenvalue weighted by Gasteiger charge is -2.22. The molecule has 0 fully saturated rings. The van der Waals surface area contributed by atoms with Crippen molar-refractivity contribution in [3.8, 4) is 0 Å². The number of hydrogen-bond donors (Lipinski definition) is 0. The first-order valence-electron chi connectivity index (χ1n) is 10.1. The van der Waals surface area contributed by atoms with Crippen LogP contribution in [0.4, 0.5) is 5.69 Å². The minimum Gasteiger partial charge on any atom is -0.467 e. The highest BCUT2D eigenvalue weighted by Crippen LogP contribution is 2.34. The van der Waals surface area contributed by atoms with Gasteiger partial charge in [0.05, 0.1) is 35.4 Å². The highest BCUT2D eigenvalue weighted by atomic mass is 32.1. The molecule has 32 heavy (non-hydrogen) atoms. The number of likely N-dealkylation sites (N-methyl/N-ethyl adjacent to an activating group) is 1. The number of amides is 1. The maximum atomic E-state index is 13.7. The number of anilines is 1. The smallest absolute Gasteiger partial charge is 0.338 e. The lowest BCUT2D eigenvalue weighted by molar-refractivity contribution is -0.139. The maximum Gasteiger partial charge on any atom is 0.338 e. The van der Waals surface area contributed by atoms with Gasteiger partial charge in [0.15, 0.2) is 4.80 Å². The van der Waals surface area contributed by atoms with E-state index in [2.05, 4.69) is 4.99 Å². The molecule has 9 heteroatoms. The monoisotopic (exact) mass is 449 g/mol. The lowest BCUT2D eigenvalue weighted by Crippen LogP contribution is -2.40. The molecule has 1 atom stereocenters. The number of furan rings is 1. The molecule has 0 radical (unpaired) electrons. The van der Waals surface area contributed by atoms with Gasteiger partial charge >= 0.3 is 5.97 Å². The van der Waals surface area contributed by atoms with Gasteiger partial charge in [0.1, 0.15) is 16.3 Å². The molecule has 0 saturated heterocycles. The topological polar surface area (TPSA) is 94.1 Å². The third-order valence-electron chi connectivity index (χ3n) is 5.59. The van der Waals surface area contributed by atoms with Gasteiger partial charge in [-0.1, -0.05) is 29.5 Å². The number of rotatable bonds is 3. The fourth-order valence-electron chi connectivity index (χ4n) is 4.15. The molecule has 5 rings (SSSR count). The van der Waals surface area contributed by atoms with Crippen molar-refractivity contribution >= 4 is 34.5 Å². The van der Waals surface area contributed by atoms with E-state index in [1.54, 1.807) is 33.0 Å². The first kappa shape index (κ1) is 20.2. The molecule has 162 valence electrons. The van der Waals surface area contributed by atoms with Crippen LogP contribution in [0.3, 0.4) is 0 Å². The van der Waals surface area contributed by atoms with E-state index >= 15 is 0 Å². The normalized spacial score (nSPS) is 19.0. The van der Waals surface area contributed by atoms with Gasteiger partial charge in [-0.25, -0.2) is 9.79 Å². The molecular formula is C23H19N3O5S. The van der Waals surface area contributed by atoms with E-state index in [1.807, 2.05) is 24.3 Å². The molecule has 2 aliphatic heterocycles. The van der Waals surface area contributed by atoms with E-state index in [0.29, 0.717) is 27.4 Å². The van der Waals surface area contributed by atoms with Crippen molar-refractivity contribution in [3.05, 3.63) is 84.9 Å². The Kier molecular flexibility index (Phi) is 4.70. The molecular weight excluding hydrogens is 430 g/mol. The van der Waals surface area contributed by atoms with Gasteiger partial charge < -0.3 is 14.1 Å². The summed E-state index contributed by atoms with van der Waals surface area (Å²) >= 11 is 1.13. The van der Waals surface area contributed by atoms with Crippen LogP contribution in [0.1, 0.15) is 31.2 Å². The molecule has 4 heterocycles. The highest BCUT2D eigenvalue weighted by molar-refractivity contribution is 7.07. The van der Waals surface area contributed by atoms with Gasteiger partial charge in [0.25, 0.3) is 11.5 Å². The maximum absolute atomic E-state index is 13.7. The number of benzene rings is 1. The zero-order chi connectivity index (χ0) is 22.6. The van der Waals surface area contributed by atoms with Gasteiger partial charge in [-0.05, 0) is 32.0 Å². The summed E-state index contributed by atoms with van der Waals surface area (Å²) in [6.07, 6.45) is 1.48. The second-order valence-corrected chi connectivity index (χ2v) is 8.37. The Hall–Kier alpha value is -3.72. The van der Waals surface area contributed by atoms with Crippen LogP contribution in [0.2, 0.25) is 0 Å². The fraction of sp³-hybridized carbons (Fsp3) is 0.217. The summed E-state index contributed by atoms with van der Waals surface area (Å²) in [4.78, 5) is 46.0. The summed E-state index contributed by atoms with van der Waals surface area (Å²) in [6.45, 7) is 3.60. The Morgan fingerprint density at radius 1 is 1.22 bits per heavy atom. The summed E-state index contributed by atoms with van der Waals surface area (Å²) < 4.78 is 12.5. The van der Waals surface area contributed by atoms with Crippen LogP contribution in [0, 0.1) is 0 Å². The van der Waals surface area contributed by atoms with Crippen LogP contribution in [0.15, 0.2) is 68.1 Å². The average Bonchev–Trinajstić information content (AvgIpc) is 3.47. The summed E-state index contributed by atoms with van der Waals surface area (Å²) in [7, 11) is 1.68. The zero-order valence-electron chi connectivity index (χ0n) is 17.6. The third kappa shape index (κ3) is 2.81. The van der Waals surface area contributed by atoms with Gasteiger partial charge in [0.2, 0.25) is 0 Å². The largest absolute Gasteiger partial charge is 0.467 e. The Labute approximate surface area is 186 Å². The van der Waals surface area contributed by atoms with Crippen LogP contribution in [-0.2, 0) is 14.3 Å². The summed E-state index contributed by atoms with van der Waals surface area (Å²) in [5, 5.41) is 0. The number of hydrogen-bond acceptors (Lipinski definition) is 7. The first-order chi connectivity index (χ1) is 15.4. The highest BCUT2D eigenvalue weighted by Gasteiger charge is 2.37. The summed E-state index contributed by atoms with van der Waals surface area (Å²) in [6, 6.07) is 9.90. The number of carbonyl (C=O) groups excluding carboxylic acids is 2. The Balaban J connectivity index is 1.83.